The highest BCUT2D eigenvalue weighted by molar-refractivity contribution is 4.42. The van der Waals surface area contributed by atoms with Crippen molar-refractivity contribution in [1.29, 1.82) is 0 Å². The molecule has 21 heavy (non-hydrogen) atoms. The zero-order valence-electron chi connectivity index (χ0n) is 13.7. The van der Waals surface area contributed by atoms with Gasteiger partial charge in [0.2, 0.25) is 0 Å². The van der Waals surface area contributed by atoms with E-state index in [9.17, 15) is 0 Å². The third kappa shape index (κ3) is 19.8. The molecule has 128 valence electrons. The minimum absolute atomic E-state index is 0.547. The Hall–Kier alpha value is -0.240. The van der Waals surface area contributed by atoms with Gasteiger partial charge in [-0.05, 0) is 12.3 Å². The van der Waals surface area contributed by atoms with Crippen LogP contribution in [0.1, 0.15) is 20.3 Å². The Morgan fingerprint density at radius 2 is 0.905 bits per heavy atom. The van der Waals surface area contributed by atoms with Crippen molar-refractivity contribution in [2.45, 2.75) is 20.3 Å². The van der Waals surface area contributed by atoms with Gasteiger partial charge in [-0.2, -0.15) is 0 Å². The van der Waals surface area contributed by atoms with Gasteiger partial charge < -0.3 is 29.4 Å². The molecule has 0 aromatic carbocycles. The normalized spacial score (nSPS) is 11.4. The van der Waals surface area contributed by atoms with Crippen molar-refractivity contribution in [2.24, 2.45) is 11.7 Å². The van der Waals surface area contributed by atoms with Crippen molar-refractivity contribution in [3.8, 4) is 0 Å². The first-order valence-corrected chi connectivity index (χ1v) is 7.86. The summed E-state index contributed by atoms with van der Waals surface area (Å²) in [6.45, 7) is 11.1. The summed E-state index contributed by atoms with van der Waals surface area (Å²) >= 11 is 0. The van der Waals surface area contributed by atoms with Crippen molar-refractivity contribution in [1.82, 2.24) is 0 Å². The van der Waals surface area contributed by atoms with Gasteiger partial charge in [0.15, 0.2) is 0 Å². The highest BCUT2D eigenvalue weighted by Crippen LogP contribution is 1.98. The molecule has 0 atom stereocenters. The first kappa shape index (κ1) is 20.8. The van der Waals surface area contributed by atoms with Gasteiger partial charge in [-0.25, -0.2) is 0 Å². The van der Waals surface area contributed by atoms with Gasteiger partial charge in [0.25, 0.3) is 0 Å². The van der Waals surface area contributed by atoms with Crippen LogP contribution in [0.3, 0.4) is 0 Å². The maximum atomic E-state index is 5.44. The number of rotatable bonds is 17. The molecule has 0 radical (unpaired) electrons. The van der Waals surface area contributed by atoms with E-state index in [1.165, 1.54) is 0 Å². The molecule has 0 amide bonds. The standard InChI is InChI=1S/C15H33NO5/c1-15(2)3-5-17-7-9-19-11-13-21-14-12-20-10-8-18-6-4-16/h15H,3-14,16H2,1-2H3. The third-order valence-corrected chi connectivity index (χ3v) is 2.59. The lowest BCUT2D eigenvalue weighted by Crippen LogP contribution is -2.15. The fraction of sp³-hybridized carbons (Fsp3) is 1.00. The molecule has 0 bridgehead atoms. The van der Waals surface area contributed by atoms with E-state index < -0.39 is 0 Å². The van der Waals surface area contributed by atoms with Gasteiger partial charge in [-0.15, -0.1) is 0 Å². The zero-order chi connectivity index (χ0) is 15.6. The lowest BCUT2D eigenvalue weighted by molar-refractivity contribution is -0.0111. The Balaban J connectivity index is 2.93. The monoisotopic (exact) mass is 307 g/mol. The summed E-state index contributed by atoms with van der Waals surface area (Å²) in [5.41, 5.74) is 5.29. The van der Waals surface area contributed by atoms with Crippen LogP contribution in [0.5, 0.6) is 0 Å². The van der Waals surface area contributed by atoms with Crippen molar-refractivity contribution >= 4 is 0 Å². The molecule has 6 heteroatoms. The Morgan fingerprint density at radius 3 is 1.24 bits per heavy atom. The quantitative estimate of drug-likeness (QED) is 0.405. The SMILES string of the molecule is CC(C)CCOCCOCCOCCOCCOCCN. The predicted octanol–water partition coefficient (Wildman–Crippen LogP) is 1.07. The smallest absolute Gasteiger partial charge is 0.0701 e. The van der Waals surface area contributed by atoms with Gasteiger partial charge in [-0.1, -0.05) is 13.8 Å². The molecule has 0 saturated carbocycles. The van der Waals surface area contributed by atoms with Crippen LogP contribution in [0.25, 0.3) is 0 Å². The van der Waals surface area contributed by atoms with E-state index in [-0.39, 0.29) is 0 Å². The zero-order valence-corrected chi connectivity index (χ0v) is 13.7. The Morgan fingerprint density at radius 1 is 0.571 bits per heavy atom. The molecule has 0 saturated heterocycles. The van der Waals surface area contributed by atoms with Gasteiger partial charge >= 0.3 is 0 Å². The molecule has 2 N–H and O–H groups in total. The Labute approximate surface area is 129 Å². The van der Waals surface area contributed by atoms with Crippen molar-refractivity contribution in [3.05, 3.63) is 0 Å². The first-order valence-electron chi connectivity index (χ1n) is 7.86. The van der Waals surface area contributed by atoms with Crippen LogP contribution in [0.4, 0.5) is 0 Å². The molecule has 0 aliphatic heterocycles. The second-order valence-electron chi connectivity index (χ2n) is 5.03. The van der Waals surface area contributed by atoms with E-state index in [0.717, 1.165) is 13.0 Å². The molecule has 0 aromatic heterocycles. The van der Waals surface area contributed by atoms with Crippen LogP contribution >= 0.6 is 0 Å². The molecular weight excluding hydrogens is 274 g/mol. The van der Waals surface area contributed by atoms with E-state index in [2.05, 4.69) is 13.8 Å². The second-order valence-corrected chi connectivity index (χ2v) is 5.03. The third-order valence-electron chi connectivity index (χ3n) is 2.59. The van der Waals surface area contributed by atoms with Crippen molar-refractivity contribution in [2.75, 3.05) is 72.6 Å². The van der Waals surface area contributed by atoms with Gasteiger partial charge in [0.05, 0.1) is 59.5 Å². The number of hydrogen-bond acceptors (Lipinski definition) is 6. The van der Waals surface area contributed by atoms with Crippen LogP contribution in [0, 0.1) is 5.92 Å². The number of ether oxygens (including phenoxy) is 5. The average molecular weight is 307 g/mol. The summed E-state index contributed by atoms with van der Waals surface area (Å²) in [6, 6.07) is 0. The van der Waals surface area contributed by atoms with Crippen LogP contribution in [0.2, 0.25) is 0 Å². The summed E-state index contributed by atoms with van der Waals surface area (Å²) in [4.78, 5) is 0. The van der Waals surface area contributed by atoms with Gasteiger partial charge in [0, 0.05) is 13.2 Å². The van der Waals surface area contributed by atoms with E-state index in [0.29, 0.717) is 71.9 Å². The molecule has 0 aliphatic carbocycles. The maximum Gasteiger partial charge on any atom is 0.0701 e. The average Bonchev–Trinajstić information content (AvgIpc) is 2.46. The topological polar surface area (TPSA) is 72.2 Å². The van der Waals surface area contributed by atoms with Crippen LogP contribution in [-0.2, 0) is 23.7 Å². The predicted molar refractivity (Wildman–Crippen MR) is 82.6 cm³/mol. The van der Waals surface area contributed by atoms with Gasteiger partial charge in [0.1, 0.15) is 0 Å². The van der Waals surface area contributed by atoms with E-state index in [1.54, 1.807) is 0 Å². The number of hydrogen-bond donors (Lipinski definition) is 1. The summed E-state index contributed by atoms with van der Waals surface area (Å²) in [6.07, 6.45) is 1.10. The fourth-order valence-corrected chi connectivity index (χ4v) is 1.38. The molecule has 0 aromatic rings. The van der Waals surface area contributed by atoms with E-state index in [4.69, 9.17) is 29.4 Å². The highest BCUT2D eigenvalue weighted by Gasteiger charge is 1.95. The summed E-state index contributed by atoms with van der Waals surface area (Å²) in [5.74, 6) is 0.689. The lowest BCUT2D eigenvalue weighted by Gasteiger charge is -2.08. The highest BCUT2D eigenvalue weighted by atomic mass is 16.6. The van der Waals surface area contributed by atoms with Gasteiger partial charge in [-0.3, -0.25) is 0 Å². The van der Waals surface area contributed by atoms with Crippen LogP contribution in [-0.4, -0.2) is 72.6 Å². The molecule has 0 spiro atoms. The lowest BCUT2D eigenvalue weighted by atomic mass is 10.1. The van der Waals surface area contributed by atoms with E-state index >= 15 is 0 Å². The molecule has 0 aliphatic rings. The largest absolute Gasteiger partial charge is 0.379 e. The van der Waals surface area contributed by atoms with Crippen LogP contribution < -0.4 is 5.73 Å². The molecule has 0 unspecified atom stereocenters. The van der Waals surface area contributed by atoms with Crippen molar-refractivity contribution in [3.63, 3.8) is 0 Å². The maximum absolute atomic E-state index is 5.44. The number of nitrogens with two attached hydrogens (primary N) is 1. The fourth-order valence-electron chi connectivity index (χ4n) is 1.38. The molecule has 0 fully saturated rings. The Bertz CT molecular complexity index is 193. The van der Waals surface area contributed by atoms with Crippen molar-refractivity contribution < 1.29 is 23.7 Å². The van der Waals surface area contributed by atoms with E-state index in [1.807, 2.05) is 0 Å². The second kappa shape index (κ2) is 17.8. The summed E-state index contributed by atoms with van der Waals surface area (Å²) in [7, 11) is 0. The first-order chi connectivity index (χ1) is 10.3. The van der Waals surface area contributed by atoms with Crippen LogP contribution in [0.15, 0.2) is 0 Å². The molecular formula is C15H33NO5. The molecule has 0 rings (SSSR count). The minimum atomic E-state index is 0.547. The molecule has 0 heterocycles. The summed E-state index contributed by atoms with van der Waals surface area (Å²) in [5, 5.41) is 0. The summed E-state index contributed by atoms with van der Waals surface area (Å²) < 4.78 is 26.7. The Kier molecular flexibility index (Phi) is 17.6. The minimum Gasteiger partial charge on any atom is -0.379 e. The molecule has 6 nitrogen and oxygen atoms in total.